The van der Waals surface area contributed by atoms with Gasteiger partial charge in [0, 0.05) is 11.3 Å². The lowest BCUT2D eigenvalue weighted by atomic mass is 10.0. The molecule has 0 bridgehead atoms. The second-order valence-electron chi connectivity index (χ2n) is 4.61. The first-order chi connectivity index (χ1) is 9.61. The van der Waals surface area contributed by atoms with Gasteiger partial charge >= 0.3 is 0 Å². The molecule has 0 heterocycles. The Morgan fingerprint density at radius 3 is 2.70 bits per heavy atom. The van der Waals surface area contributed by atoms with Gasteiger partial charge < -0.3 is 11.1 Å². The smallest absolute Gasteiger partial charge is 0.255 e. The highest BCUT2D eigenvalue weighted by Gasteiger charge is 2.11. The third-order valence-electron chi connectivity index (χ3n) is 3.11. The van der Waals surface area contributed by atoms with Crippen LogP contribution in [-0.2, 0) is 6.42 Å². The van der Waals surface area contributed by atoms with Gasteiger partial charge in [-0.15, -0.1) is 0 Å². The Hall–Kier alpha value is -2.20. The molecule has 2 aromatic rings. The van der Waals surface area contributed by atoms with E-state index in [0.29, 0.717) is 29.8 Å². The van der Waals surface area contributed by atoms with E-state index in [1.807, 2.05) is 12.1 Å². The first kappa shape index (κ1) is 14.2. The number of hydrogen-bond donors (Lipinski definition) is 2. The Morgan fingerprint density at radius 2 is 2.00 bits per heavy atom. The quantitative estimate of drug-likeness (QED) is 0.899. The van der Waals surface area contributed by atoms with E-state index in [1.54, 1.807) is 31.2 Å². The number of amides is 1. The Kier molecular flexibility index (Phi) is 4.48. The van der Waals surface area contributed by atoms with Crippen LogP contribution in [0.5, 0.6) is 0 Å². The highest BCUT2D eigenvalue weighted by Crippen LogP contribution is 2.16. The first-order valence-corrected chi connectivity index (χ1v) is 6.47. The molecular weight excluding hydrogens is 255 g/mol. The molecule has 3 N–H and O–H groups in total. The SMILES string of the molecule is Cc1ccc(NC(=O)c2ccccc2CCN)cc1F. The summed E-state index contributed by atoms with van der Waals surface area (Å²) in [5.74, 6) is -0.588. The fraction of sp³-hybridized carbons (Fsp3) is 0.188. The Bertz CT molecular complexity index is 626. The van der Waals surface area contributed by atoms with Gasteiger partial charge in [-0.3, -0.25) is 4.79 Å². The average molecular weight is 272 g/mol. The van der Waals surface area contributed by atoms with Crippen LogP contribution in [-0.4, -0.2) is 12.5 Å². The lowest BCUT2D eigenvalue weighted by molar-refractivity contribution is 0.102. The topological polar surface area (TPSA) is 55.1 Å². The van der Waals surface area contributed by atoms with Crippen molar-refractivity contribution in [3.05, 3.63) is 65.0 Å². The summed E-state index contributed by atoms with van der Waals surface area (Å²) in [4.78, 5) is 12.2. The molecule has 2 rings (SSSR count). The molecular formula is C16H17FN2O. The normalized spacial score (nSPS) is 10.3. The van der Waals surface area contributed by atoms with Crippen molar-refractivity contribution < 1.29 is 9.18 Å². The van der Waals surface area contributed by atoms with Crippen molar-refractivity contribution in [1.82, 2.24) is 0 Å². The average Bonchev–Trinajstić information content (AvgIpc) is 2.44. The highest BCUT2D eigenvalue weighted by molar-refractivity contribution is 6.05. The summed E-state index contributed by atoms with van der Waals surface area (Å²) >= 11 is 0. The van der Waals surface area contributed by atoms with Gasteiger partial charge in [-0.05, 0) is 49.2 Å². The van der Waals surface area contributed by atoms with E-state index in [-0.39, 0.29) is 11.7 Å². The Morgan fingerprint density at radius 1 is 1.25 bits per heavy atom. The van der Waals surface area contributed by atoms with Crippen molar-refractivity contribution in [3.63, 3.8) is 0 Å². The van der Waals surface area contributed by atoms with Gasteiger partial charge in [0.1, 0.15) is 5.82 Å². The minimum Gasteiger partial charge on any atom is -0.330 e. The molecule has 4 heteroatoms. The summed E-state index contributed by atoms with van der Waals surface area (Å²) in [6, 6.07) is 11.9. The van der Waals surface area contributed by atoms with Gasteiger partial charge in [0.05, 0.1) is 0 Å². The molecule has 0 spiro atoms. The minimum atomic E-state index is -0.335. The van der Waals surface area contributed by atoms with Gasteiger partial charge in [0.15, 0.2) is 0 Å². The number of hydrogen-bond acceptors (Lipinski definition) is 2. The molecule has 0 saturated heterocycles. The number of carbonyl (C=O) groups excluding carboxylic acids is 1. The van der Waals surface area contributed by atoms with Crippen LogP contribution < -0.4 is 11.1 Å². The van der Waals surface area contributed by atoms with Crippen molar-refractivity contribution in [2.75, 3.05) is 11.9 Å². The van der Waals surface area contributed by atoms with Crippen LogP contribution in [0.4, 0.5) is 10.1 Å². The van der Waals surface area contributed by atoms with E-state index < -0.39 is 0 Å². The fourth-order valence-corrected chi connectivity index (χ4v) is 1.98. The van der Waals surface area contributed by atoms with Crippen molar-refractivity contribution >= 4 is 11.6 Å². The number of carbonyl (C=O) groups is 1. The van der Waals surface area contributed by atoms with Crippen LogP contribution >= 0.6 is 0 Å². The predicted octanol–water partition coefficient (Wildman–Crippen LogP) is 2.89. The molecule has 0 atom stereocenters. The zero-order valence-corrected chi connectivity index (χ0v) is 11.3. The molecule has 0 aromatic heterocycles. The van der Waals surface area contributed by atoms with Crippen molar-refractivity contribution in [3.8, 4) is 0 Å². The van der Waals surface area contributed by atoms with Crippen LogP contribution in [0.3, 0.4) is 0 Å². The summed E-state index contributed by atoms with van der Waals surface area (Å²) in [6.07, 6.45) is 0.631. The predicted molar refractivity (Wildman–Crippen MR) is 78.3 cm³/mol. The van der Waals surface area contributed by atoms with E-state index in [4.69, 9.17) is 5.73 Å². The molecule has 0 radical (unpaired) electrons. The molecule has 0 aliphatic rings. The zero-order chi connectivity index (χ0) is 14.5. The number of anilines is 1. The molecule has 0 saturated carbocycles. The van der Waals surface area contributed by atoms with Crippen molar-refractivity contribution in [2.45, 2.75) is 13.3 Å². The van der Waals surface area contributed by atoms with Gasteiger partial charge in [0.2, 0.25) is 0 Å². The summed E-state index contributed by atoms with van der Waals surface area (Å²) in [6.45, 7) is 2.15. The van der Waals surface area contributed by atoms with Crippen LogP contribution in [0.1, 0.15) is 21.5 Å². The maximum Gasteiger partial charge on any atom is 0.255 e. The second-order valence-corrected chi connectivity index (χ2v) is 4.61. The summed E-state index contributed by atoms with van der Waals surface area (Å²) in [5, 5.41) is 2.71. The molecule has 20 heavy (non-hydrogen) atoms. The summed E-state index contributed by atoms with van der Waals surface area (Å²) in [7, 11) is 0. The number of halogens is 1. The number of rotatable bonds is 4. The summed E-state index contributed by atoms with van der Waals surface area (Å²) in [5.41, 5.74) is 7.99. The molecule has 0 aliphatic heterocycles. The zero-order valence-electron chi connectivity index (χ0n) is 11.3. The van der Waals surface area contributed by atoms with Crippen LogP contribution in [0.25, 0.3) is 0 Å². The number of nitrogens with one attached hydrogen (secondary N) is 1. The molecule has 2 aromatic carbocycles. The summed E-state index contributed by atoms with van der Waals surface area (Å²) < 4.78 is 13.5. The van der Waals surface area contributed by atoms with Crippen molar-refractivity contribution in [1.29, 1.82) is 0 Å². The first-order valence-electron chi connectivity index (χ1n) is 6.47. The maximum absolute atomic E-state index is 13.5. The molecule has 0 fully saturated rings. The third-order valence-corrected chi connectivity index (χ3v) is 3.11. The molecule has 104 valence electrons. The standard InChI is InChI=1S/C16H17FN2O/c1-11-6-7-13(10-15(11)17)19-16(20)14-5-3-2-4-12(14)8-9-18/h2-7,10H,8-9,18H2,1H3,(H,19,20). The Labute approximate surface area is 117 Å². The Balaban J connectivity index is 2.21. The molecule has 0 unspecified atom stereocenters. The highest BCUT2D eigenvalue weighted by atomic mass is 19.1. The van der Waals surface area contributed by atoms with Gasteiger partial charge in [0.25, 0.3) is 5.91 Å². The van der Waals surface area contributed by atoms with Crippen molar-refractivity contribution in [2.24, 2.45) is 5.73 Å². The fourth-order valence-electron chi connectivity index (χ4n) is 1.98. The minimum absolute atomic E-state index is 0.252. The largest absolute Gasteiger partial charge is 0.330 e. The third kappa shape index (κ3) is 3.22. The lowest BCUT2D eigenvalue weighted by Crippen LogP contribution is -2.16. The molecule has 1 amide bonds. The van der Waals surface area contributed by atoms with Gasteiger partial charge in [-0.25, -0.2) is 4.39 Å². The number of benzene rings is 2. The van der Waals surface area contributed by atoms with Crippen LogP contribution in [0.2, 0.25) is 0 Å². The number of aryl methyl sites for hydroxylation is 1. The van der Waals surface area contributed by atoms with E-state index in [2.05, 4.69) is 5.32 Å². The van der Waals surface area contributed by atoms with Crippen LogP contribution in [0, 0.1) is 12.7 Å². The lowest BCUT2D eigenvalue weighted by Gasteiger charge is -2.10. The maximum atomic E-state index is 13.5. The van der Waals surface area contributed by atoms with E-state index >= 15 is 0 Å². The van der Waals surface area contributed by atoms with Gasteiger partial charge in [-0.2, -0.15) is 0 Å². The van der Waals surface area contributed by atoms with Crippen LogP contribution in [0.15, 0.2) is 42.5 Å². The molecule has 0 aliphatic carbocycles. The monoisotopic (exact) mass is 272 g/mol. The van der Waals surface area contributed by atoms with Gasteiger partial charge in [-0.1, -0.05) is 24.3 Å². The molecule has 3 nitrogen and oxygen atoms in total. The second kappa shape index (κ2) is 6.30. The van der Waals surface area contributed by atoms with E-state index in [1.165, 1.54) is 6.07 Å². The van der Waals surface area contributed by atoms with E-state index in [0.717, 1.165) is 5.56 Å². The van der Waals surface area contributed by atoms with E-state index in [9.17, 15) is 9.18 Å². The number of nitrogens with two attached hydrogens (primary N) is 1.